The van der Waals surface area contributed by atoms with Crippen molar-refractivity contribution in [3.63, 3.8) is 0 Å². The Labute approximate surface area is 107 Å². The van der Waals surface area contributed by atoms with Crippen molar-refractivity contribution in [3.8, 4) is 0 Å². The molecule has 2 N–H and O–H groups in total. The molecule has 1 aromatic carbocycles. The molecule has 96 valence electrons. The fourth-order valence-electron chi connectivity index (χ4n) is 1.46. The molecule has 0 heterocycles. The summed E-state index contributed by atoms with van der Waals surface area (Å²) in [6.45, 7) is 3.50. The van der Waals surface area contributed by atoms with Crippen LogP contribution in [-0.4, -0.2) is 17.4 Å². The van der Waals surface area contributed by atoms with E-state index in [1.807, 2.05) is 0 Å². The first kappa shape index (κ1) is 14.1. The first-order valence-corrected chi connectivity index (χ1v) is 6.00. The Bertz CT molecular complexity index is 449. The number of hydrogen-bond donors (Lipinski definition) is 2. The molecule has 0 unspecified atom stereocenters. The van der Waals surface area contributed by atoms with Crippen molar-refractivity contribution in [2.45, 2.75) is 33.1 Å². The van der Waals surface area contributed by atoms with Crippen LogP contribution in [0, 0.1) is 5.41 Å². The largest absolute Gasteiger partial charge is 0.326 e. The minimum atomic E-state index is -0.156. The fourth-order valence-corrected chi connectivity index (χ4v) is 1.46. The molecule has 4 heteroatoms. The van der Waals surface area contributed by atoms with E-state index in [0.29, 0.717) is 24.2 Å². The Hall–Kier alpha value is -1.97. The zero-order valence-corrected chi connectivity index (χ0v) is 10.7. The zero-order valence-electron chi connectivity index (χ0n) is 10.7. The monoisotopic (exact) mass is 246 g/mol. The quantitative estimate of drug-likeness (QED) is 0.758. The Morgan fingerprint density at radius 2 is 1.78 bits per heavy atom. The molecule has 0 aliphatic carbocycles. The van der Waals surface area contributed by atoms with E-state index in [9.17, 15) is 9.59 Å². The number of Topliss-reactive ketones (excluding diaryl/α,β-unsaturated/α-hetero) is 1. The summed E-state index contributed by atoms with van der Waals surface area (Å²) in [7, 11) is 0. The second-order valence-electron chi connectivity index (χ2n) is 4.14. The maximum Gasteiger partial charge on any atom is 0.224 e. The Morgan fingerprint density at radius 1 is 1.17 bits per heavy atom. The van der Waals surface area contributed by atoms with Crippen molar-refractivity contribution >= 4 is 23.1 Å². The summed E-state index contributed by atoms with van der Waals surface area (Å²) in [5, 5.41) is 10.2. The van der Waals surface area contributed by atoms with Crippen LogP contribution in [0.1, 0.15) is 38.7 Å². The molecule has 4 nitrogen and oxygen atoms in total. The Morgan fingerprint density at radius 3 is 2.28 bits per heavy atom. The molecular formula is C14H18N2O2. The molecule has 1 aromatic rings. The lowest BCUT2D eigenvalue weighted by Crippen LogP contribution is -2.13. The van der Waals surface area contributed by atoms with E-state index in [0.717, 1.165) is 5.56 Å². The molecule has 0 aromatic heterocycles. The van der Waals surface area contributed by atoms with Crippen LogP contribution >= 0.6 is 0 Å². The molecule has 18 heavy (non-hydrogen) atoms. The van der Waals surface area contributed by atoms with Crippen LogP contribution in [0.4, 0.5) is 5.69 Å². The van der Waals surface area contributed by atoms with E-state index < -0.39 is 0 Å². The predicted molar refractivity (Wildman–Crippen MR) is 72.1 cm³/mol. The van der Waals surface area contributed by atoms with Gasteiger partial charge >= 0.3 is 0 Å². The van der Waals surface area contributed by atoms with Gasteiger partial charge in [-0.25, -0.2) is 0 Å². The van der Waals surface area contributed by atoms with Crippen LogP contribution in [0.15, 0.2) is 24.3 Å². The van der Waals surface area contributed by atoms with Crippen LogP contribution in [0.2, 0.25) is 0 Å². The maximum atomic E-state index is 11.5. The number of nitrogens with one attached hydrogen (secondary N) is 2. The van der Waals surface area contributed by atoms with Crippen molar-refractivity contribution in [1.29, 1.82) is 5.41 Å². The first-order chi connectivity index (χ1) is 8.52. The lowest BCUT2D eigenvalue weighted by Gasteiger charge is -2.05. The van der Waals surface area contributed by atoms with Gasteiger partial charge in [0.25, 0.3) is 0 Å². The van der Waals surface area contributed by atoms with Gasteiger partial charge in [-0.2, -0.15) is 0 Å². The average molecular weight is 246 g/mol. The van der Waals surface area contributed by atoms with Crippen LogP contribution in [0.5, 0.6) is 0 Å². The number of carbonyl (C=O) groups excluding carboxylic acids is 2. The fraction of sp³-hybridized carbons (Fsp3) is 0.357. The number of ketones is 1. The molecule has 0 aliphatic rings. The molecular weight excluding hydrogens is 228 g/mol. The second-order valence-corrected chi connectivity index (χ2v) is 4.14. The summed E-state index contributed by atoms with van der Waals surface area (Å²) >= 11 is 0. The van der Waals surface area contributed by atoms with E-state index in [2.05, 4.69) is 5.32 Å². The molecule has 0 aliphatic heterocycles. The highest BCUT2D eigenvalue weighted by Crippen LogP contribution is 2.10. The first-order valence-electron chi connectivity index (χ1n) is 6.00. The van der Waals surface area contributed by atoms with E-state index >= 15 is 0 Å². The second kappa shape index (κ2) is 6.69. The number of amides is 1. The highest BCUT2D eigenvalue weighted by Gasteiger charge is 2.06. The van der Waals surface area contributed by atoms with Gasteiger partial charge in [-0.05, 0) is 24.6 Å². The summed E-state index contributed by atoms with van der Waals surface area (Å²) in [4.78, 5) is 22.6. The van der Waals surface area contributed by atoms with Crippen molar-refractivity contribution in [2.75, 3.05) is 5.32 Å². The van der Waals surface area contributed by atoms with Crippen LogP contribution in [-0.2, 0) is 9.59 Å². The van der Waals surface area contributed by atoms with Gasteiger partial charge in [0.05, 0.1) is 0 Å². The lowest BCUT2D eigenvalue weighted by molar-refractivity contribution is -0.122. The van der Waals surface area contributed by atoms with Gasteiger partial charge in [0, 0.05) is 30.7 Å². The van der Waals surface area contributed by atoms with E-state index in [1.165, 1.54) is 0 Å². The number of hydrogen-bond acceptors (Lipinski definition) is 3. The van der Waals surface area contributed by atoms with Crippen molar-refractivity contribution in [2.24, 2.45) is 0 Å². The summed E-state index contributed by atoms with van der Waals surface area (Å²) in [5.41, 5.74) is 2.00. The molecule has 1 rings (SSSR count). The van der Waals surface area contributed by atoms with E-state index in [1.54, 1.807) is 38.1 Å². The molecule has 0 atom stereocenters. The number of anilines is 1. The maximum absolute atomic E-state index is 11.5. The highest BCUT2D eigenvalue weighted by atomic mass is 16.2. The molecule has 0 radical (unpaired) electrons. The standard InChI is InChI=1S/C14H18N2O2/c1-3-13(17)8-9-14(18)16-12-6-4-11(5-7-12)10(2)15/h4-7,15H,3,8-9H2,1-2H3,(H,16,18). The van der Waals surface area contributed by atoms with Crippen LogP contribution < -0.4 is 5.32 Å². The minimum Gasteiger partial charge on any atom is -0.326 e. The van der Waals surface area contributed by atoms with Gasteiger partial charge in [-0.15, -0.1) is 0 Å². The average Bonchev–Trinajstić information content (AvgIpc) is 2.36. The molecule has 0 saturated carbocycles. The molecule has 1 amide bonds. The van der Waals surface area contributed by atoms with E-state index in [-0.39, 0.29) is 18.1 Å². The Kier molecular flexibility index (Phi) is 5.24. The SMILES string of the molecule is CCC(=O)CCC(=O)Nc1ccc(C(C)=N)cc1. The van der Waals surface area contributed by atoms with E-state index in [4.69, 9.17) is 5.41 Å². The summed E-state index contributed by atoms with van der Waals surface area (Å²) in [5.74, 6) is -0.0592. The van der Waals surface area contributed by atoms with Gasteiger partial charge < -0.3 is 10.7 Å². The topological polar surface area (TPSA) is 70.0 Å². The third-order valence-electron chi connectivity index (χ3n) is 2.63. The van der Waals surface area contributed by atoms with Gasteiger partial charge in [0.15, 0.2) is 0 Å². The predicted octanol–water partition coefficient (Wildman–Crippen LogP) is 2.77. The summed E-state index contributed by atoms with van der Waals surface area (Å²) in [6.07, 6.45) is 0.985. The number of benzene rings is 1. The van der Waals surface area contributed by atoms with Gasteiger partial charge in [0.2, 0.25) is 5.91 Å². The number of rotatable bonds is 6. The molecule has 0 fully saturated rings. The zero-order chi connectivity index (χ0) is 13.5. The summed E-state index contributed by atoms with van der Waals surface area (Å²) < 4.78 is 0. The number of carbonyl (C=O) groups is 2. The molecule has 0 spiro atoms. The third-order valence-corrected chi connectivity index (χ3v) is 2.63. The third kappa shape index (κ3) is 4.49. The normalized spacial score (nSPS) is 9.89. The van der Waals surface area contributed by atoms with Gasteiger partial charge in [-0.3, -0.25) is 9.59 Å². The highest BCUT2D eigenvalue weighted by molar-refractivity contribution is 5.97. The van der Waals surface area contributed by atoms with Crippen LogP contribution in [0.3, 0.4) is 0 Å². The van der Waals surface area contributed by atoms with Crippen molar-refractivity contribution < 1.29 is 9.59 Å². The van der Waals surface area contributed by atoms with Crippen LogP contribution in [0.25, 0.3) is 0 Å². The van der Waals surface area contributed by atoms with Crippen molar-refractivity contribution in [1.82, 2.24) is 0 Å². The smallest absolute Gasteiger partial charge is 0.224 e. The molecule has 0 saturated heterocycles. The summed E-state index contributed by atoms with van der Waals surface area (Å²) in [6, 6.07) is 7.09. The Balaban J connectivity index is 2.49. The lowest BCUT2D eigenvalue weighted by atomic mass is 10.1. The van der Waals surface area contributed by atoms with Crippen molar-refractivity contribution in [3.05, 3.63) is 29.8 Å². The molecule has 0 bridgehead atoms. The van der Waals surface area contributed by atoms with Gasteiger partial charge in [0.1, 0.15) is 5.78 Å². The van der Waals surface area contributed by atoms with Gasteiger partial charge in [-0.1, -0.05) is 19.1 Å². The minimum absolute atomic E-state index is 0.0972.